The molecule has 0 aliphatic carbocycles. The van der Waals surface area contributed by atoms with Gasteiger partial charge in [0.05, 0.1) is 0 Å². The summed E-state index contributed by atoms with van der Waals surface area (Å²) in [4.78, 5) is 2.47. The zero-order chi connectivity index (χ0) is 11.0. The Bertz CT molecular complexity index is 348. The molecule has 0 spiro atoms. The highest BCUT2D eigenvalue weighted by atomic mass is 32.1. The summed E-state index contributed by atoms with van der Waals surface area (Å²) < 4.78 is 4.23. The van der Waals surface area contributed by atoms with Crippen LogP contribution >= 0.6 is 11.5 Å². The number of anilines is 2. The highest BCUT2D eigenvalue weighted by molar-refractivity contribution is 7.10. The molecule has 2 rings (SSSR count). The lowest BCUT2D eigenvalue weighted by molar-refractivity contribution is 0.391. The van der Waals surface area contributed by atoms with E-state index in [1.807, 2.05) is 0 Å². The van der Waals surface area contributed by atoms with E-state index in [0.717, 1.165) is 18.0 Å². The van der Waals surface area contributed by atoms with Crippen LogP contribution in [0.2, 0.25) is 0 Å². The van der Waals surface area contributed by atoms with E-state index < -0.39 is 0 Å². The van der Waals surface area contributed by atoms with Crippen molar-refractivity contribution in [2.45, 2.75) is 39.7 Å². The topological polar surface area (TPSA) is 42.1 Å². The molecule has 0 bridgehead atoms. The predicted octanol–water partition coefficient (Wildman–Crippen LogP) is 2.66. The van der Waals surface area contributed by atoms with Crippen LogP contribution in [-0.4, -0.2) is 17.0 Å². The first-order valence-corrected chi connectivity index (χ1v) is 6.35. The minimum atomic E-state index is 0.625. The fraction of sp³-hybridized carbons (Fsp3) is 0.727. The molecule has 1 fully saturated rings. The molecule has 0 aromatic carbocycles. The monoisotopic (exact) mass is 225 g/mol. The normalized spacial score (nSPS) is 27.0. The third kappa shape index (κ3) is 1.95. The van der Waals surface area contributed by atoms with Crippen LogP contribution in [0.5, 0.6) is 0 Å². The Labute approximate surface area is 95.4 Å². The van der Waals surface area contributed by atoms with Crippen LogP contribution in [0.15, 0.2) is 0 Å². The fourth-order valence-electron chi connectivity index (χ4n) is 2.18. The van der Waals surface area contributed by atoms with E-state index in [2.05, 4.69) is 30.0 Å². The first kappa shape index (κ1) is 10.7. The number of aromatic nitrogens is 1. The average Bonchev–Trinajstić information content (AvgIpc) is 2.52. The standard InChI is InChI=1S/C11H19N3S/c1-7-4-5-8(2)14(6-7)11-9(3)10(12)13-15-11/h7-8H,4-6H2,1-3H3,(H2,12,13). The van der Waals surface area contributed by atoms with Crippen molar-refractivity contribution in [2.75, 3.05) is 17.2 Å². The molecule has 2 atom stereocenters. The minimum Gasteiger partial charge on any atom is -0.383 e. The second-order valence-corrected chi connectivity index (χ2v) is 5.43. The lowest BCUT2D eigenvalue weighted by Crippen LogP contribution is -2.40. The Morgan fingerprint density at radius 2 is 2.13 bits per heavy atom. The average molecular weight is 225 g/mol. The molecule has 3 nitrogen and oxygen atoms in total. The van der Waals surface area contributed by atoms with Crippen LogP contribution in [0, 0.1) is 12.8 Å². The molecule has 1 aliphatic heterocycles. The van der Waals surface area contributed by atoms with Gasteiger partial charge in [0.25, 0.3) is 0 Å². The van der Waals surface area contributed by atoms with Crippen molar-refractivity contribution in [3.05, 3.63) is 5.56 Å². The minimum absolute atomic E-state index is 0.625. The molecule has 1 aliphatic rings. The van der Waals surface area contributed by atoms with Gasteiger partial charge in [-0.25, -0.2) is 0 Å². The molecular formula is C11H19N3S. The van der Waals surface area contributed by atoms with E-state index in [9.17, 15) is 0 Å². The first-order chi connectivity index (χ1) is 7.09. The zero-order valence-electron chi connectivity index (χ0n) is 9.66. The van der Waals surface area contributed by atoms with Gasteiger partial charge in [0, 0.05) is 18.2 Å². The van der Waals surface area contributed by atoms with Gasteiger partial charge in [-0.2, -0.15) is 4.37 Å². The van der Waals surface area contributed by atoms with Crippen molar-refractivity contribution in [1.82, 2.24) is 4.37 Å². The highest BCUT2D eigenvalue weighted by Crippen LogP contribution is 2.35. The second-order valence-electron chi connectivity index (χ2n) is 4.68. The van der Waals surface area contributed by atoms with Gasteiger partial charge in [0.15, 0.2) is 0 Å². The van der Waals surface area contributed by atoms with Gasteiger partial charge in [-0.3, -0.25) is 0 Å². The summed E-state index contributed by atoms with van der Waals surface area (Å²) in [5.41, 5.74) is 6.95. The molecule has 2 N–H and O–H groups in total. The van der Waals surface area contributed by atoms with Crippen molar-refractivity contribution < 1.29 is 0 Å². The zero-order valence-corrected chi connectivity index (χ0v) is 10.5. The van der Waals surface area contributed by atoms with Crippen LogP contribution in [0.1, 0.15) is 32.3 Å². The summed E-state index contributed by atoms with van der Waals surface area (Å²) in [6, 6.07) is 0.625. The molecule has 1 saturated heterocycles. The lowest BCUT2D eigenvalue weighted by Gasteiger charge is -2.37. The summed E-state index contributed by atoms with van der Waals surface area (Å²) in [5, 5.41) is 1.27. The molecule has 2 unspecified atom stereocenters. The molecule has 4 heteroatoms. The van der Waals surface area contributed by atoms with Crippen LogP contribution in [0.3, 0.4) is 0 Å². The van der Waals surface area contributed by atoms with E-state index in [1.165, 1.54) is 29.4 Å². The summed E-state index contributed by atoms with van der Waals surface area (Å²) in [7, 11) is 0. The van der Waals surface area contributed by atoms with Crippen molar-refractivity contribution in [3.8, 4) is 0 Å². The maximum Gasteiger partial charge on any atom is 0.142 e. The summed E-state index contributed by atoms with van der Waals surface area (Å²) in [5.74, 6) is 1.48. The Balaban J connectivity index is 2.25. The second kappa shape index (κ2) is 4.00. The third-order valence-electron chi connectivity index (χ3n) is 3.31. The Hall–Kier alpha value is -0.770. The molecule has 1 aromatic heterocycles. The Kier molecular flexibility index (Phi) is 2.87. The van der Waals surface area contributed by atoms with Gasteiger partial charge < -0.3 is 10.6 Å². The van der Waals surface area contributed by atoms with Gasteiger partial charge in [-0.1, -0.05) is 6.92 Å². The molecule has 84 valence electrons. The predicted molar refractivity (Wildman–Crippen MR) is 66.5 cm³/mol. The van der Waals surface area contributed by atoms with E-state index >= 15 is 0 Å². The van der Waals surface area contributed by atoms with Gasteiger partial charge in [0.2, 0.25) is 0 Å². The number of nitrogens with two attached hydrogens (primary N) is 1. The largest absolute Gasteiger partial charge is 0.383 e. The quantitative estimate of drug-likeness (QED) is 0.799. The number of rotatable bonds is 1. The van der Waals surface area contributed by atoms with Gasteiger partial charge in [-0.15, -0.1) is 0 Å². The van der Waals surface area contributed by atoms with E-state index in [-0.39, 0.29) is 0 Å². The number of hydrogen-bond donors (Lipinski definition) is 1. The van der Waals surface area contributed by atoms with Crippen LogP contribution < -0.4 is 10.6 Å². The van der Waals surface area contributed by atoms with Crippen LogP contribution in [-0.2, 0) is 0 Å². The Morgan fingerprint density at radius 1 is 1.40 bits per heavy atom. The number of hydrogen-bond acceptors (Lipinski definition) is 4. The van der Waals surface area contributed by atoms with E-state index in [0.29, 0.717) is 11.9 Å². The third-order valence-corrected chi connectivity index (χ3v) is 4.32. The molecular weight excluding hydrogens is 206 g/mol. The first-order valence-electron chi connectivity index (χ1n) is 5.58. The van der Waals surface area contributed by atoms with Gasteiger partial charge in [0.1, 0.15) is 10.8 Å². The van der Waals surface area contributed by atoms with Crippen molar-refractivity contribution in [1.29, 1.82) is 0 Å². The van der Waals surface area contributed by atoms with Crippen molar-refractivity contribution in [2.24, 2.45) is 5.92 Å². The van der Waals surface area contributed by atoms with Crippen LogP contribution in [0.25, 0.3) is 0 Å². The summed E-state index contributed by atoms with van der Waals surface area (Å²) in [6.45, 7) is 7.82. The molecule has 2 heterocycles. The molecule has 15 heavy (non-hydrogen) atoms. The Morgan fingerprint density at radius 3 is 2.73 bits per heavy atom. The molecule has 0 saturated carbocycles. The molecule has 0 radical (unpaired) electrons. The van der Waals surface area contributed by atoms with E-state index in [4.69, 9.17) is 5.73 Å². The SMILES string of the molecule is Cc1c(N)nsc1N1CC(C)CCC1C. The van der Waals surface area contributed by atoms with Gasteiger partial charge >= 0.3 is 0 Å². The number of nitrogens with zero attached hydrogens (tertiary/aromatic N) is 2. The fourth-order valence-corrected chi connectivity index (χ4v) is 3.10. The van der Waals surface area contributed by atoms with Gasteiger partial charge in [-0.05, 0) is 44.1 Å². The highest BCUT2D eigenvalue weighted by Gasteiger charge is 2.26. The van der Waals surface area contributed by atoms with Crippen molar-refractivity contribution in [3.63, 3.8) is 0 Å². The summed E-state index contributed by atoms with van der Waals surface area (Å²) >= 11 is 1.54. The van der Waals surface area contributed by atoms with E-state index in [1.54, 1.807) is 0 Å². The number of piperidine rings is 1. The number of nitrogen functional groups attached to an aromatic ring is 1. The maximum absolute atomic E-state index is 5.80. The lowest BCUT2D eigenvalue weighted by atomic mass is 9.95. The van der Waals surface area contributed by atoms with Crippen LogP contribution in [0.4, 0.5) is 10.8 Å². The summed E-state index contributed by atoms with van der Waals surface area (Å²) in [6.07, 6.45) is 2.61. The van der Waals surface area contributed by atoms with Crippen molar-refractivity contribution >= 4 is 22.4 Å². The molecule has 1 aromatic rings. The maximum atomic E-state index is 5.80. The smallest absolute Gasteiger partial charge is 0.142 e. The molecule has 0 amide bonds.